The summed E-state index contributed by atoms with van der Waals surface area (Å²) in [7, 11) is 0. The molecule has 0 unspecified atom stereocenters. The maximum Gasteiger partial charge on any atom is 0.277 e. The van der Waals surface area contributed by atoms with Crippen LogP contribution < -0.4 is 16.0 Å². The number of anilines is 1. The number of nitrogens with one attached hydrogen (secondary N) is 2. The Balaban J connectivity index is 1.35. The van der Waals surface area contributed by atoms with Gasteiger partial charge >= 0.3 is 0 Å². The summed E-state index contributed by atoms with van der Waals surface area (Å²) in [6.45, 7) is 0.724. The van der Waals surface area contributed by atoms with Gasteiger partial charge in [0.1, 0.15) is 11.5 Å². The molecule has 0 atom stereocenters. The Morgan fingerprint density at radius 2 is 1.71 bits per heavy atom. The van der Waals surface area contributed by atoms with Crippen molar-refractivity contribution in [3.8, 4) is 11.4 Å². The lowest BCUT2D eigenvalue weighted by Crippen LogP contribution is -2.38. The van der Waals surface area contributed by atoms with Crippen molar-refractivity contribution in [3.63, 3.8) is 0 Å². The number of hydrazine groups is 2. The third-order valence-electron chi connectivity index (χ3n) is 5.58. The van der Waals surface area contributed by atoms with Crippen LogP contribution in [-0.4, -0.2) is 24.7 Å². The molecule has 3 aromatic heterocycles. The molecule has 1 aliphatic heterocycles. The van der Waals surface area contributed by atoms with E-state index in [-0.39, 0.29) is 11.7 Å². The van der Waals surface area contributed by atoms with Crippen molar-refractivity contribution < 1.29 is 8.91 Å². The van der Waals surface area contributed by atoms with Gasteiger partial charge in [-0.3, -0.25) is 15.4 Å². The first-order chi connectivity index (χ1) is 17.3. The van der Waals surface area contributed by atoms with Crippen LogP contribution in [0.15, 0.2) is 96.3 Å². The first-order valence-electron chi connectivity index (χ1n) is 10.9. The van der Waals surface area contributed by atoms with Gasteiger partial charge in [-0.15, -0.1) is 5.53 Å². The highest BCUT2D eigenvalue weighted by Gasteiger charge is 2.30. The fraction of sp³-hybridized carbons (Fsp3) is 0.0400. The molecule has 0 amide bonds. The van der Waals surface area contributed by atoms with Gasteiger partial charge in [-0.1, -0.05) is 41.6 Å². The zero-order valence-corrected chi connectivity index (χ0v) is 18.3. The van der Waals surface area contributed by atoms with Crippen LogP contribution in [0.3, 0.4) is 0 Å². The highest BCUT2D eigenvalue weighted by Crippen LogP contribution is 2.34. The number of halogens is 1. The Morgan fingerprint density at radius 1 is 0.886 bits per heavy atom. The van der Waals surface area contributed by atoms with Crippen LogP contribution in [0, 0.1) is 5.82 Å². The summed E-state index contributed by atoms with van der Waals surface area (Å²) in [6.07, 6.45) is 8.79. The number of imidazole rings is 1. The van der Waals surface area contributed by atoms with Crippen LogP contribution >= 0.6 is 0 Å². The molecule has 9 nitrogen and oxygen atoms in total. The van der Waals surface area contributed by atoms with Gasteiger partial charge < -0.3 is 9.09 Å². The molecular weight excluding hydrogens is 447 g/mol. The number of benzene rings is 2. The summed E-state index contributed by atoms with van der Waals surface area (Å²) >= 11 is 0. The van der Waals surface area contributed by atoms with E-state index in [4.69, 9.17) is 4.52 Å². The van der Waals surface area contributed by atoms with E-state index >= 15 is 0 Å². The molecule has 35 heavy (non-hydrogen) atoms. The molecule has 0 radical (unpaired) electrons. The van der Waals surface area contributed by atoms with Gasteiger partial charge in [0.25, 0.3) is 5.89 Å². The Bertz CT molecular complexity index is 1480. The molecule has 2 N–H and O–H groups in total. The molecule has 0 bridgehead atoms. The molecule has 0 saturated carbocycles. The van der Waals surface area contributed by atoms with Crippen LogP contribution in [0.5, 0.6) is 0 Å². The summed E-state index contributed by atoms with van der Waals surface area (Å²) in [5.74, 6) is 0.333. The molecule has 10 heteroatoms. The maximum absolute atomic E-state index is 14.6. The zero-order chi connectivity index (χ0) is 23.6. The predicted molar refractivity (Wildman–Crippen MR) is 127 cm³/mol. The number of hydrogen-bond acceptors (Lipinski definition) is 8. The summed E-state index contributed by atoms with van der Waals surface area (Å²) in [6, 6.07) is 18.1. The lowest BCUT2D eigenvalue weighted by molar-refractivity contribution is 0.405. The van der Waals surface area contributed by atoms with Crippen molar-refractivity contribution in [3.05, 3.63) is 115 Å². The molecule has 6 rings (SSSR count). The maximum atomic E-state index is 14.6. The SMILES string of the molecule is Fc1ccccc1N1NNC(c2nc(-c3ccc(Cn4ccnc4)cc3)no2)=C1c1ccncc1. The second-order valence-corrected chi connectivity index (χ2v) is 7.84. The number of nitrogens with zero attached hydrogens (tertiary/aromatic N) is 6. The van der Waals surface area contributed by atoms with Gasteiger partial charge in [0, 0.05) is 42.5 Å². The quantitative estimate of drug-likeness (QED) is 0.389. The number of para-hydroxylation sites is 1. The molecule has 172 valence electrons. The Labute approximate surface area is 199 Å². The third-order valence-corrected chi connectivity index (χ3v) is 5.58. The predicted octanol–water partition coefficient (Wildman–Crippen LogP) is 3.87. The van der Waals surface area contributed by atoms with Crippen molar-refractivity contribution in [1.29, 1.82) is 0 Å². The van der Waals surface area contributed by atoms with Crippen LogP contribution in [0.2, 0.25) is 0 Å². The molecule has 0 aliphatic carbocycles. The topological polar surface area (TPSA) is 96.9 Å². The van der Waals surface area contributed by atoms with Gasteiger partial charge in [0.2, 0.25) is 5.82 Å². The average molecular weight is 466 g/mol. The minimum absolute atomic E-state index is 0.264. The number of aromatic nitrogens is 5. The standard InChI is InChI=1S/C25H19FN8O/c26-20-3-1-2-4-21(20)34-23(18-9-11-27-12-10-18)22(30-32-34)25-29-24(31-35-25)19-7-5-17(6-8-19)15-33-14-13-28-16-33/h1-14,16,30,32H,15H2. The normalized spacial score (nSPS) is 13.3. The monoisotopic (exact) mass is 466 g/mol. The number of rotatable bonds is 6. The van der Waals surface area contributed by atoms with Crippen molar-refractivity contribution in [2.24, 2.45) is 0 Å². The van der Waals surface area contributed by atoms with E-state index < -0.39 is 0 Å². The molecule has 5 aromatic rings. The number of hydrogen-bond donors (Lipinski definition) is 2. The van der Waals surface area contributed by atoms with E-state index in [2.05, 4.69) is 31.1 Å². The summed E-state index contributed by atoms with van der Waals surface area (Å²) in [4.78, 5) is 12.8. The lowest BCUT2D eigenvalue weighted by Gasteiger charge is -2.21. The van der Waals surface area contributed by atoms with Gasteiger partial charge in [-0.25, -0.2) is 9.37 Å². The van der Waals surface area contributed by atoms with Crippen molar-refractivity contribution >= 4 is 17.1 Å². The zero-order valence-electron chi connectivity index (χ0n) is 18.3. The van der Waals surface area contributed by atoms with Gasteiger partial charge in [0.15, 0.2) is 0 Å². The summed E-state index contributed by atoms with van der Waals surface area (Å²) in [5, 5.41) is 5.78. The molecule has 1 aliphatic rings. The smallest absolute Gasteiger partial charge is 0.277 e. The van der Waals surface area contributed by atoms with E-state index in [1.54, 1.807) is 48.1 Å². The van der Waals surface area contributed by atoms with Crippen LogP contribution in [0.4, 0.5) is 10.1 Å². The molecule has 0 saturated heterocycles. The van der Waals surface area contributed by atoms with E-state index in [1.807, 2.05) is 47.2 Å². The van der Waals surface area contributed by atoms with E-state index in [0.717, 1.165) is 23.2 Å². The summed E-state index contributed by atoms with van der Waals surface area (Å²) < 4.78 is 22.2. The molecule has 0 fully saturated rings. The Morgan fingerprint density at radius 3 is 2.49 bits per heavy atom. The van der Waals surface area contributed by atoms with Gasteiger partial charge in [0.05, 0.1) is 17.7 Å². The first kappa shape index (κ1) is 20.8. The van der Waals surface area contributed by atoms with Crippen LogP contribution in [0.25, 0.3) is 22.8 Å². The first-order valence-corrected chi connectivity index (χ1v) is 10.9. The van der Waals surface area contributed by atoms with E-state index in [9.17, 15) is 4.39 Å². The van der Waals surface area contributed by atoms with Crippen molar-refractivity contribution in [1.82, 2.24) is 35.6 Å². The fourth-order valence-electron chi connectivity index (χ4n) is 3.88. The fourth-order valence-corrected chi connectivity index (χ4v) is 3.88. The Hall–Kier alpha value is -4.83. The highest BCUT2D eigenvalue weighted by molar-refractivity contribution is 5.96. The third kappa shape index (κ3) is 4.02. The average Bonchev–Trinajstić information content (AvgIpc) is 3.66. The van der Waals surface area contributed by atoms with Crippen LogP contribution in [-0.2, 0) is 6.54 Å². The van der Waals surface area contributed by atoms with Gasteiger partial charge in [-0.05, 0) is 29.8 Å². The second kappa shape index (κ2) is 8.84. The van der Waals surface area contributed by atoms with Crippen molar-refractivity contribution in [2.45, 2.75) is 6.54 Å². The highest BCUT2D eigenvalue weighted by atomic mass is 19.1. The summed E-state index contributed by atoms with van der Waals surface area (Å²) in [5.41, 5.74) is 10.3. The largest absolute Gasteiger partial charge is 0.333 e. The lowest BCUT2D eigenvalue weighted by atomic mass is 10.1. The molecule has 4 heterocycles. The minimum atomic E-state index is -0.378. The van der Waals surface area contributed by atoms with E-state index in [1.165, 1.54) is 6.07 Å². The van der Waals surface area contributed by atoms with Crippen molar-refractivity contribution in [2.75, 3.05) is 5.01 Å². The van der Waals surface area contributed by atoms with Crippen LogP contribution in [0.1, 0.15) is 17.0 Å². The Kier molecular flexibility index (Phi) is 5.24. The molecule has 2 aromatic carbocycles. The minimum Gasteiger partial charge on any atom is -0.333 e. The van der Waals surface area contributed by atoms with E-state index in [0.29, 0.717) is 22.9 Å². The second-order valence-electron chi connectivity index (χ2n) is 7.84. The number of pyridine rings is 1. The molecule has 0 spiro atoms. The molecular formula is C25H19FN8O. The van der Waals surface area contributed by atoms with Gasteiger partial charge in [-0.2, -0.15) is 4.98 Å².